The van der Waals surface area contributed by atoms with E-state index >= 15 is 0 Å². The number of piperidine rings is 1. The number of halogens is 4. The molecule has 2 aliphatic heterocycles. The number of thiazole rings is 1. The van der Waals surface area contributed by atoms with Gasteiger partial charge in [-0.05, 0) is 47.6 Å². The molecule has 2 aromatic rings. The number of aromatic nitrogens is 1. The van der Waals surface area contributed by atoms with Gasteiger partial charge in [0, 0.05) is 25.1 Å². The number of carbonyl (C=O) groups excluding carboxylic acids is 4. The molecule has 46 heavy (non-hydrogen) atoms. The highest BCUT2D eigenvalue weighted by atomic mass is 32.1. The van der Waals surface area contributed by atoms with Gasteiger partial charge in [0.15, 0.2) is 4.93 Å². The van der Waals surface area contributed by atoms with Crippen molar-refractivity contribution in [3.8, 4) is 0 Å². The van der Waals surface area contributed by atoms with E-state index in [1.807, 2.05) is 19.2 Å². The summed E-state index contributed by atoms with van der Waals surface area (Å²) >= 11 is 5.56. The van der Waals surface area contributed by atoms with Gasteiger partial charge in [-0.1, -0.05) is 34.6 Å². The van der Waals surface area contributed by atoms with Crippen molar-refractivity contribution in [3.05, 3.63) is 29.0 Å². The van der Waals surface area contributed by atoms with E-state index < -0.39 is 64.1 Å². The minimum Gasteiger partial charge on any atom is -0.371 e. The highest BCUT2D eigenvalue weighted by molar-refractivity contribution is 7.81. The maximum absolute atomic E-state index is 14.2. The number of hydrogen-bond acceptors (Lipinski definition) is 8. The van der Waals surface area contributed by atoms with Crippen LogP contribution in [0.5, 0.6) is 0 Å². The van der Waals surface area contributed by atoms with E-state index in [2.05, 4.69) is 28.2 Å². The number of nitrogens with one attached hydrogen (secondary N) is 3. The number of thiol groups is 1. The lowest BCUT2D eigenvalue weighted by Gasteiger charge is -2.39. The molecule has 0 radical (unpaired) electrons. The van der Waals surface area contributed by atoms with E-state index in [9.17, 15) is 41.8 Å². The summed E-state index contributed by atoms with van der Waals surface area (Å²) in [5.41, 5.74) is -1.25. The maximum Gasteiger partial charge on any atom is 0.471 e. The number of fused-ring (bicyclic) bond motifs is 2. The van der Waals surface area contributed by atoms with E-state index in [4.69, 9.17) is 0 Å². The van der Waals surface area contributed by atoms with Gasteiger partial charge in [0.1, 0.15) is 22.9 Å². The normalized spacial score (nSPS) is 26.6. The van der Waals surface area contributed by atoms with E-state index in [1.165, 1.54) is 43.9 Å². The molecule has 1 aromatic heterocycles. The summed E-state index contributed by atoms with van der Waals surface area (Å²) in [4.78, 5) is 56.0. The third-order valence-corrected chi connectivity index (χ3v) is 11.4. The van der Waals surface area contributed by atoms with Crippen LogP contribution in [-0.2, 0) is 24.1 Å². The van der Waals surface area contributed by atoms with E-state index in [0.717, 1.165) is 11.3 Å². The SMILES string of the molecule is CC(C)(C)[C@H](NC(=O)C(F)(F)F)C(=O)N1C[C@H]2[C@@H]([C@H]1C(=O)N[C@@H](C[C@@H]1CCNC1=O)[C@@](O)(S)c1nc3cc(F)ccc3s1)C2(C)C. The van der Waals surface area contributed by atoms with Crippen molar-refractivity contribution in [2.75, 3.05) is 13.1 Å². The molecule has 0 unspecified atom stereocenters. The molecule has 3 fully saturated rings. The molecule has 1 saturated carbocycles. The van der Waals surface area contributed by atoms with Gasteiger partial charge in [0.2, 0.25) is 17.7 Å². The molecule has 252 valence electrons. The lowest BCUT2D eigenvalue weighted by atomic mass is 9.85. The lowest BCUT2D eigenvalue weighted by molar-refractivity contribution is -0.176. The largest absolute Gasteiger partial charge is 0.471 e. The summed E-state index contributed by atoms with van der Waals surface area (Å²) in [6.45, 7) is 8.85. The quantitative estimate of drug-likeness (QED) is 0.164. The number of hydrogen-bond donors (Lipinski definition) is 5. The van der Waals surface area contributed by atoms with Crippen LogP contribution in [-0.4, -0.2) is 76.0 Å². The number of benzene rings is 1. The van der Waals surface area contributed by atoms with Gasteiger partial charge in [0.25, 0.3) is 0 Å². The van der Waals surface area contributed by atoms with Crippen molar-refractivity contribution in [1.29, 1.82) is 0 Å². The minimum absolute atomic E-state index is 0.0479. The first-order chi connectivity index (χ1) is 21.1. The van der Waals surface area contributed by atoms with Crippen LogP contribution in [0, 0.1) is 34.4 Å². The number of nitrogens with zero attached hydrogens (tertiary/aromatic N) is 2. The number of aliphatic hydroxyl groups is 1. The van der Waals surface area contributed by atoms with Crippen LogP contribution in [0.4, 0.5) is 17.6 Å². The molecule has 10 nitrogen and oxygen atoms in total. The second-order valence-corrected chi connectivity index (χ2v) is 15.8. The summed E-state index contributed by atoms with van der Waals surface area (Å²) in [5, 5.41) is 19.2. The van der Waals surface area contributed by atoms with Crippen LogP contribution in [0.1, 0.15) is 52.5 Å². The van der Waals surface area contributed by atoms with E-state index in [0.29, 0.717) is 17.7 Å². The van der Waals surface area contributed by atoms with Crippen molar-refractivity contribution in [3.63, 3.8) is 0 Å². The number of rotatable bonds is 8. The van der Waals surface area contributed by atoms with Crippen LogP contribution in [0.15, 0.2) is 18.2 Å². The third kappa shape index (κ3) is 6.31. The zero-order valence-corrected chi connectivity index (χ0v) is 27.6. The molecule has 5 rings (SSSR count). The number of likely N-dealkylation sites (tertiary alicyclic amines) is 1. The predicted octanol–water partition coefficient (Wildman–Crippen LogP) is 3.10. The van der Waals surface area contributed by atoms with Crippen LogP contribution in [0.2, 0.25) is 0 Å². The summed E-state index contributed by atoms with van der Waals surface area (Å²) in [7, 11) is 0. The summed E-state index contributed by atoms with van der Waals surface area (Å²) in [6, 6.07) is -0.0323. The highest BCUT2D eigenvalue weighted by Gasteiger charge is 2.70. The zero-order chi connectivity index (χ0) is 34.1. The van der Waals surface area contributed by atoms with Crippen LogP contribution < -0.4 is 16.0 Å². The van der Waals surface area contributed by atoms with Crippen molar-refractivity contribution in [2.24, 2.45) is 28.6 Å². The van der Waals surface area contributed by atoms with Gasteiger partial charge in [0.05, 0.1) is 16.3 Å². The van der Waals surface area contributed by atoms with E-state index in [-0.39, 0.29) is 46.6 Å². The third-order valence-electron chi connectivity index (χ3n) is 9.56. The molecular formula is C30H37F4N5O5S2. The Morgan fingerprint density at radius 3 is 2.48 bits per heavy atom. The highest BCUT2D eigenvalue weighted by Crippen LogP contribution is 2.65. The van der Waals surface area contributed by atoms with Crippen molar-refractivity contribution < 1.29 is 41.8 Å². The molecule has 7 atom stereocenters. The molecule has 3 heterocycles. The van der Waals surface area contributed by atoms with Gasteiger partial charge in [-0.25, -0.2) is 9.37 Å². The van der Waals surface area contributed by atoms with E-state index in [1.54, 1.807) is 0 Å². The second-order valence-electron chi connectivity index (χ2n) is 14.1. The zero-order valence-electron chi connectivity index (χ0n) is 25.9. The molecule has 0 spiro atoms. The predicted molar refractivity (Wildman–Crippen MR) is 164 cm³/mol. The second kappa shape index (κ2) is 11.6. The molecule has 4 amide bonds. The molecule has 1 aliphatic carbocycles. The van der Waals surface area contributed by atoms with Gasteiger partial charge in [-0.15, -0.1) is 24.0 Å². The first-order valence-corrected chi connectivity index (χ1v) is 16.2. The lowest BCUT2D eigenvalue weighted by Crippen LogP contribution is -2.61. The van der Waals surface area contributed by atoms with Gasteiger partial charge >= 0.3 is 12.1 Å². The minimum atomic E-state index is -5.22. The fraction of sp³-hybridized carbons (Fsp3) is 0.633. The molecule has 2 saturated heterocycles. The standard InChI is InChI=1S/C30H37F4N5O5S2/c1-27(2,3)21(38-25(43)30(32,33)34)24(42)39-12-15-19(28(15,4)5)20(39)23(41)37-18(10-13-8-9-35-22(13)40)29(44,45)26-36-16-11-14(31)6-7-17(16)46-26/h6-7,11,13,15,18-21,44-45H,8-10,12H2,1-5H3,(H,35,40)(H,37,41)(H,38,43)/t13-,15-,18-,19-,20-,21+,29+/m0/s1. The molecule has 3 aliphatic rings. The molecule has 1 aromatic carbocycles. The van der Waals surface area contributed by atoms with Crippen molar-refractivity contribution in [2.45, 2.75) is 76.7 Å². The van der Waals surface area contributed by atoms with Gasteiger partial charge in [-0.3, -0.25) is 19.2 Å². The Bertz CT molecular complexity index is 1570. The van der Waals surface area contributed by atoms with Gasteiger partial charge < -0.3 is 26.0 Å². The average molecular weight is 688 g/mol. The summed E-state index contributed by atoms with van der Waals surface area (Å²) in [5.74, 6) is -5.69. The van der Waals surface area contributed by atoms with Crippen LogP contribution >= 0.6 is 24.0 Å². The fourth-order valence-corrected chi connectivity index (χ4v) is 8.13. The first-order valence-electron chi connectivity index (χ1n) is 14.9. The Morgan fingerprint density at radius 2 is 1.89 bits per heavy atom. The molecule has 16 heteroatoms. The Hall–Kier alpha value is -2.98. The monoisotopic (exact) mass is 687 g/mol. The fourth-order valence-electron chi connectivity index (χ4n) is 6.78. The molecule has 0 bridgehead atoms. The summed E-state index contributed by atoms with van der Waals surface area (Å²) < 4.78 is 54.1. The first kappa shape index (κ1) is 34.4. The topological polar surface area (TPSA) is 141 Å². The Labute approximate surface area is 272 Å². The Balaban J connectivity index is 1.47. The van der Waals surface area contributed by atoms with Crippen molar-refractivity contribution in [1.82, 2.24) is 25.8 Å². The smallest absolute Gasteiger partial charge is 0.371 e. The maximum atomic E-state index is 14.2. The van der Waals surface area contributed by atoms with Crippen LogP contribution in [0.3, 0.4) is 0 Å². The number of carbonyl (C=O) groups is 4. The number of alkyl halides is 3. The van der Waals surface area contributed by atoms with Crippen molar-refractivity contribution >= 4 is 57.8 Å². The Morgan fingerprint density at radius 1 is 1.22 bits per heavy atom. The van der Waals surface area contributed by atoms with Gasteiger partial charge in [-0.2, -0.15) is 13.2 Å². The average Bonchev–Trinajstić information content (AvgIpc) is 3.44. The molecule has 4 N–H and O–H groups in total. The number of amides is 4. The Kier molecular flexibility index (Phi) is 8.68. The summed E-state index contributed by atoms with van der Waals surface area (Å²) in [6.07, 6.45) is -4.84. The van der Waals surface area contributed by atoms with Crippen LogP contribution in [0.25, 0.3) is 10.2 Å². The molecular weight excluding hydrogens is 650 g/mol.